The van der Waals surface area contributed by atoms with Crippen LogP contribution in [0.15, 0.2) is 90.6 Å². The number of carbonyl (C=O) groups is 2. The number of allylic oxidation sites excluding steroid dienone is 5. The Bertz CT molecular complexity index is 1130. The van der Waals surface area contributed by atoms with Crippen molar-refractivity contribution in [2.24, 2.45) is 11.8 Å². The number of esters is 2. The Kier molecular flexibility index (Phi) is 7.27. The van der Waals surface area contributed by atoms with E-state index in [0.717, 1.165) is 43.2 Å². The van der Waals surface area contributed by atoms with Gasteiger partial charge in [0.05, 0.1) is 12.0 Å². The highest BCUT2D eigenvalue weighted by Gasteiger charge is 2.50. The zero-order valence-corrected chi connectivity index (χ0v) is 20.0. The molecular weight excluding hydrogens is 436 g/mol. The highest BCUT2D eigenvalue weighted by atomic mass is 16.6. The summed E-state index contributed by atoms with van der Waals surface area (Å²) in [6.07, 6.45) is 17.1. The Morgan fingerprint density at radius 3 is 2.60 bits per heavy atom. The lowest BCUT2D eigenvalue weighted by molar-refractivity contribution is -0.141. The van der Waals surface area contributed by atoms with Crippen molar-refractivity contribution in [3.8, 4) is 11.1 Å². The summed E-state index contributed by atoms with van der Waals surface area (Å²) in [6.45, 7) is 0. The van der Waals surface area contributed by atoms with E-state index >= 15 is 0 Å². The smallest absolute Gasteiger partial charge is 0.338 e. The molecule has 2 aromatic carbocycles. The Hall–Kier alpha value is -3.40. The van der Waals surface area contributed by atoms with E-state index in [1.54, 1.807) is 0 Å². The second-order valence-electron chi connectivity index (χ2n) is 9.68. The van der Waals surface area contributed by atoms with Crippen LogP contribution in [0.1, 0.15) is 55.3 Å². The van der Waals surface area contributed by atoms with Gasteiger partial charge in [0, 0.05) is 18.3 Å². The Balaban J connectivity index is 1.21. The summed E-state index contributed by atoms with van der Waals surface area (Å²) in [5.41, 5.74) is 4.13. The molecule has 1 saturated heterocycles. The van der Waals surface area contributed by atoms with Crippen LogP contribution in [0.3, 0.4) is 0 Å². The van der Waals surface area contributed by atoms with Gasteiger partial charge in [-0.3, -0.25) is 4.79 Å². The van der Waals surface area contributed by atoms with Crippen LogP contribution < -0.4 is 0 Å². The molecule has 5 rings (SSSR count). The van der Waals surface area contributed by atoms with Crippen molar-refractivity contribution in [3.63, 3.8) is 0 Å². The Morgan fingerprint density at radius 2 is 1.83 bits per heavy atom. The van der Waals surface area contributed by atoms with Crippen LogP contribution in [-0.2, 0) is 14.3 Å². The molecule has 0 spiro atoms. The third-order valence-electron chi connectivity index (χ3n) is 7.30. The quantitative estimate of drug-likeness (QED) is 0.242. The highest BCUT2D eigenvalue weighted by Crippen LogP contribution is 2.43. The number of hydrogen-bond donors (Lipinski definition) is 0. The van der Waals surface area contributed by atoms with Crippen LogP contribution >= 0.6 is 0 Å². The van der Waals surface area contributed by atoms with E-state index in [9.17, 15) is 9.59 Å². The number of unbranched alkanes of at least 4 members (excludes halogenated alkanes) is 1. The first kappa shape index (κ1) is 23.3. The van der Waals surface area contributed by atoms with Crippen molar-refractivity contribution in [2.45, 2.75) is 57.2 Å². The summed E-state index contributed by atoms with van der Waals surface area (Å²) < 4.78 is 11.5. The van der Waals surface area contributed by atoms with Gasteiger partial charge in [-0.2, -0.15) is 0 Å². The molecule has 0 bridgehead atoms. The first-order valence-electron chi connectivity index (χ1n) is 12.8. The van der Waals surface area contributed by atoms with E-state index in [1.807, 2.05) is 54.6 Å². The second-order valence-corrected chi connectivity index (χ2v) is 9.68. The normalized spacial score (nSPS) is 25.4. The summed E-state index contributed by atoms with van der Waals surface area (Å²) in [7, 11) is 0. The third-order valence-corrected chi connectivity index (χ3v) is 7.30. The molecule has 3 aliphatic rings. The number of hydrogen-bond acceptors (Lipinski definition) is 4. The fourth-order valence-electron chi connectivity index (χ4n) is 5.46. The van der Waals surface area contributed by atoms with E-state index in [-0.39, 0.29) is 36.0 Å². The number of rotatable bonds is 8. The molecule has 4 heteroatoms. The fraction of sp³-hybridized carbons (Fsp3) is 0.355. The summed E-state index contributed by atoms with van der Waals surface area (Å²) in [5.74, 6) is -0.375. The molecule has 4 atom stereocenters. The minimum absolute atomic E-state index is 0.00721. The van der Waals surface area contributed by atoms with Crippen LogP contribution in [0.5, 0.6) is 0 Å². The van der Waals surface area contributed by atoms with E-state index in [2.05, 4.69) is 30.4 Å². The third kappa shape index (κ3) is 5.64. The zero-order chi connectivity index (χ0) is 24.0. The van der Waals surface area contributed by atoms with Gasteiger partial charge in [0.25, 0.3) is 0 Å². The molecule has 1 saturated carbocycles. The number of carbonyl (C=O) groups excluding carboxylic acids is 2. The SMILES string of the molecule is O=C1C[C@@H]2C(/C=C/CCCC3=CCCC=C3)[C@H](OC(=O)c3ccc(-c4ccccc4)cc3)C[C@@H]2O1. The molecule has 2 aromatic rings. The summed E-state index contributed by atoms with van der Waals surface area (Å²) in [5, 5.41) is 0. The molecule has 0 aromatic heterocycles. The van der Waals surface area contributed by atoms with Crippen molar-refractivity contribution in [3.05, 3.63) is 96.1 Å². The summed E-state index contributed by atoms with van der Waals surface area (Å²) in [6, 6.07) is 17.6. The molecule has 1 unspecified atom stereocenters. The average Bonchev–Trinajstić information content (AvgIpc) is 3.40. The van der Waals surface area contributed by atoms with Gasteiger partial charge in [0.15, 0.2) is 0 Å². The molecule has 35 heavy (non-hydrogen) atoms. The maximum Gasteiger partial charge on any atom is 0.338 e. The minimum Gasteiger partial charge on any atom is -0.462 e. The highest BCUT2D eigenvalue weighted by molar-refractivity contribution is 5.90. The van der Waals surface area contributed by atoms with E-state index in [1.165, 1.54) is 5.57 Å². The van der Waals surface area contributed by atoms with Gasteiger partial charge in [-0.05, 0) is 55.4 Å². The first-order valence-corrected chi connectivity index (χ1v) is 12.8. The monoisotopic (exact) mass is 468 g/mol. The Morgan fingerprint density at radius 1 is 1.03 bits per heavy atom. The maximum absolute atomic E-state index is 13.0. The van der Waals surface area contributed by atoms with Gasteiger partial charge < -0.3 is 9.47 Å². The van der Waals surface area contributed by atoms with Gasteiger partial charge in [-0.25, -0.2) is 4.79 Å². The van der Waals surface area contributed by atoms with E-state index < -0.39 is 0 Å². The molecule has 180 valence electrons. The predicted octanol–water partition coefficient (Wildman–Crippen LogP) is 6.83. The van der Waals surface area contributed by atoms with Crippen molar-refractivity contribution >= 4 is 11.9 Å². The number of fused-ring (bicyclic) bond motifs is 1. The van der Waals surface area contributed by atoms with Crippen LogP contribution in [0.25, 0.3) is 11.1 Å². The molecule has 0 radical (unpaired) electrons. The lowest BCUT2D eigenvalue weighted by Crippen LogP contribution is -2.24. The summed E-state index contributed by atoms with van der Waals surface area (Å²) in [4.78, 5) is 24.8. The Labute approximate surface area is 207 Å². The van der Waals surface area contributed by atoms with Crippen LogP contribution in [0, 0.1) is 11.8 Å². The molecule has 4 nitrogen and oxygen atoms in total. The van der Waals surface area contributed by atoms with E-state index in [0.29, 0.717) is 18.4 Å². The zero-order valence-electron chi connectivity index (χ0n) is 20.0. The average molecular weight is 469 g/mol. The predicted molar refractivity (Wildman–Crippen MR) is 137 cm³/mol. The minimum atomic E-state index is -0.324. The number of ether oxygens (including phenoxy) is 2. The standard InChI is InChI=1S/C31H32O4/c32-30-20-27-26(15-9-2-6-12-22-10-4-1-5-11-22)28(21-29(27)34-30)35-31(33)25-18-16-24(17-19-25)23-13-7-3-8-14-23/h3-4,7-11,13-19,26-29H,1-2,5-6,12,20-21H2/b15-9+/t26?,27-,28-,29+/m1/s1. The molecule has 1 aliphatic heterocycles. The van der Waals surface area contributed by atoms with Gasteiger partial charge in [0.2, 0.25) is 0 Å². The van der Waals surface area contributed by atoms with E-state index in [4.69, 9.17) is 9.47 Å². The topological polar surface area (TPSA) is 52.6 Å². The van der Waals surface area contributed by atoms with Crippen molar-refractivity contribution in [2.75, 3.05) is 0 Å². The van der Waals surface area contributed by atoms with Crippen LogP contribution in [0.2, 0.25) is 0 Å². The van der Waals surface area contributed by atoms with Crippen molar-refractivity contribution in [1.82, 2.24) is 0 Å². The van der Waals surface area contributed by atoms with Gasteiger partial charge in [0.1, 0.15) is 12.2 Å². The molecular formula is C31H32O4. The molecule has 0 amide bonds. The fourth-order valence-corrected chi connectivity index (χ4v) is 5.46. The lowest BCUT2D eigenvalue weighted by Gasteiger charge is -2.20. The van der Waals surface area contributed by atoms with Crippen LogP contribution in [0.4, 0.5) is 0 Å². The molecule has 2 fully saturated rings. The second kappa shape index (κ2) is 10.9. The van der Waals surface area contributed by atoms with Crippen LogP contribution in [-0.4, -0.2) is 24.1 Å². The first-order chi connectivity index (χ1) is 17.2. The maximum atomic E-state index is 13.0. The van der Waals surface area contributed by atoms with Crippen molar-refractivity contribution in [1.29, 1.82) is 0 Å². The largest absolute Gasteiger partial charge is 0.462 e. The van der Waals surface area contributed by atoms with Gasteiger partial charge >= 0.3 is 11.9 Å². The van der Waals surface area contributed by atoms with Crippen molar-refractivity contribution < 1.29 is 19.1 Å². The molecule has 1 heterocycles. The molecule has 2 aliphatic carbocycles. The van der Waals surface area contributed by atoms with Gasteiger partial charge in [-0.1, -0.05) is 78.4 Å². The summed E-state index contributed by atoms with van der Waals surface area (Å²) >= 11 is 0. The van der Waals surface area contributed by atoms with Gasteiger partial charge in [-0.15, -0.1) is 0 Å². The lowest BCUT2D eigenvalue weighted by atomic mass is 9.91. The molecule has 0 N–H and O–H groups in total. The number of benzene rings is 2.